The Balaban J connectivity index is 1.52. The molecule has 2 heterocycles. The first kappa shape index (κ1) is 33.8. The molecule has 0 radical (unpaired) electrons. The molecule has 0 aliphatic carbocycles. The van der Waals surface area contributed by atoms with Crippen LogP contribution < -0.4 is 4.74 Å². The summed E-state index contributed by atoms with van der Waals surface area (Å²) in [4.78, 5) is 18.9. The van der Waals surface area contributed by atoms with E-state index in [1.807, 2.05) is 60.7 Å². The molecule has 0 aromatic heterocycles. The van der Waals surface area contributed by atoms with Gasteiger partial charge in [-0.25, -0.2) is 4.79 Å². The summed E-state index contributed by atoms with van der Waals surface area (Å²) in [6.45, 7) is 5.29. The standard InChI is InChI=1S/C34H37F3N2O6S/c1-33(2,3)45-32(40)39(4)31-38-25-26(41-20-22-14-8-5-9-15-22)27(42-21-23-16-10-6-11-17-23)28(44-30(25)46-31)29(34(35,36)37)43-24-18-12-7-13-19-24/h5-19,25-30H,20-21H2,1-4H3/t25-,26-,27+,28+,29?,30-/m1/s1. The molecule has 2 aliphatic heterocycles. The Labute approximate surface area is 270 Å². The predicted molar refractivity (Wildman–Crippen MR) is 168 cm³/mol. The number of carbonyl (C=O) groups is 1. The van der Waals surface area contributed by atoms with Crippen molar-refractivity contribution in [3.8, 4) is 5.75 Å². The molecule has 0 bridgehead atoms. The first-order valence-corrected chi connectivity index (χ1v) is 15.7. The molecule has 2 aliphatic rings. The Morgan fingerprint density at radius 3 is 1.91 bits per heavy atom. The highest BCUT2D eigenvalue weighted by atomic mass is 32.2. The number of benzene rings is 3. The van der Waals surface area contributed by atoms with Crippen LogP contribution in [0, 0.1) is 0 Å². The van der Waals surface area contributed by atoms with Gasteiger partial charge in [0.25, 0.3) is 0 Å². The number of thioether (sulfide) groups is 1. The van der Waals surface area contributed by atoms with Crippen LogP contribution in [-0.4, -0.2) is 70.9 Å². The van der Waals surface area contributed by atoms with Gasteiger partial charge in [-0.1, -0.05) is 90.6 Å². The first-order chi connectivity index (χ1) is 21.9. The molecule has 0 N–H and O–H groups in total. The summed E-state index contributed by atoms with van der Waals surface area (Å²) in [6, 6.07) is 25.4. The number of rotatable bonds is 9. The van der Waals surface area contributed by atoms with Crippen molar-refractivity contribution in [2.24, 2.45) is 4.99 Å². The summed E-state index contributed by atoms with van der Waals surface area (Å²) >= 11 is 1.03. The summed E-state index contributed by atoms with van der Waals surface area (Å²) in [5.41, 5.74) is -0.132. The van der Waals surface area contributed by atoms with Crippen molar-refractivity contribution in [2.75, 3.05) is 7.05 Å². The molecule has 12 heteroatoms. The minimum atomic E-state index is -4.84. The van der Waals surface area contributed by atoms with E-state index in [0.29, 0.717) is 0 Å². The molecule has 246 valence electrons. The van der Waals surface area contributed by atoms with Crippen molar-refractivity contribution in [3.05, 3.63) is 102 Å². The van der Waals surface area contributed by atoms with Crippen LogP contribution in [0.5, 0.6) is 5.75 Å². The highest BCUT2D eigenvalue weighted by molar-refractivity contribution is 8.14. The normalized spacial score (nSPS) is 23.6. The van der Waals surface area contributed by atoms with E-state index in [1.165, 1.54) is 24.1 Å². The molecule has 1 saturated heterocycles. The number of amides is 1. The number of carbonyl (C=O) groups excluding carboxylic acids is 1. The lowest BCUT2D eigenvalue weighted by Crippen LogP contribution is -2.63. The molecule has 5 rings (SSSR count). The highest BCUT2D eigenvalue weighted by Gasteiger charge is 2.59. The van der Waals surface area contributed by atoms with Gasteiger partial charge < -0.3 is 23.7 Å². The van der Waals surface area contributed by atoms with Gasteiger partial charge in [0, 0.05) is 7.05 Å². The molecule has 6 atom stereocenters. The number of aliphatic imine (C=N–C) groups is 1. The number of ether oxygens (including phenoxy) is 5. The number of hydrogen-bond donors (Lipinski definition) is 0. The topological polar surface area (TPSA) is 78.8 Å². The second kappa shape index (κ2) is 14.5. The zero-order chi connectivity index (χ0) is 32.9. The van der Waals surface area contributed by atoms with E-state index < -0.39 is 53.8 Å². The van der Waals surface area contributed by atoms with Crippen molar-refractivity contribution in [1.82, 2.24) is 4.90 Å². The largest absolute Gasteiger partial charge is 0.478 e. The number of alkyl halides is 3. The fourth-order valence-corrected chi connectivity index (χ4v) is 6.20. The molecule has 1 amide bonds. The summed E-state index contributed by atoms with van der Waals surface area (Å²) in [7, 11) is 1.50. The number of nitrogens with zero attached hydrogens (tertiary/aromatic N) is 2. The Morgan fingerprint density at radius 1 is 0.870 bits per heavy atom. The van der Waals surface area contributed by atoms with Gasteiger partial charge in [-0.2, -0.15) is 13.2 Å². The highest BCUT2D eigenvalue weighted by Crippen LogP contribution is 2.43. The fraction of sp³-hybridized carbons (Fsp3) is 0.412. The lowest BCUT2D eigenvalue weighted by molar-refractivity contribution is -0.276. The minimum absolute atomic E-state index is 0.00854. The SMILES string of the molecule is CN(C(=O)OC(C)(C)C)C1=N[C@@H]2[C@@H](OCc3ccccc3)[C@H](OCc3ccccc3)[C@@H](C(Oc3ccccc3)C(F)(F)F)O[C@@H]2S1. The second-order valence-corrected chi connectivity index (χ2v) is 13.0. The number of para-hydroxylation sites is 1. The van der Waals surface area contributed by atoms with Gasteiger partial charge in [0.2, 0.25) is 6.10 Å². The van der Waals surface area contributed by atoms with E-state index in [0.717, 1.165) is 22.9 Å². The van der Waals surface area contributed by atoms with E-state index in [2.05, 4.69) is 0 Å². The lowest BCUT2D eigenvalue weighted by atomic mass is 9.93. The monoisotopic (exact) mass is 658 g/mol. The zero-order valence-corrected chi connectivity index (χ0v) is 26.7. The maximum atomic E-state index is 14.9. The van der Waals surface area contributed by atoms with Crippen LogP contribution in [0.4, 0.5) is 18.0 Å². The van der Waals surface area contributed by atoms with E-state index in [-0.39, 0.29) is 24.1 Å². The average molecular weight is 659 g/mol. The van der Waals surface area contributed by atoms with E-state index in [4.69, 9.17) is 28.7 Å². The Kier molecular flexibility index (Phi) is 10.6. The third-order valence-electron chi connectivity index (χ3n) is 7.19. The first-order valence-electron chi connectivity index (χ1n) is 14.8. The third-order valence-corrected chi connectivity index (χ3v) is 8.40. The molecule has 1 unspecified atom stereocenters. The van der Waals surface area contributed by atoms with Crippen LogP contribution in [0.3, 0.4) is 0 Å². The van der Waals surface area contributed by atoms with Crippen molar-refractivity contribution in [2.45, 2.75) is 81.7 Å². The predicted octanol–water partition coefficient (Wildman–Crippen LogP) is 7.23. The molecular formula is C34H37F3N2O6S. The zero-order valence-electron chi connectivity index (χ0n) is 25.9. The quantitative estimate of drug-likeness (QED) is 0.240. The summed E-state index contributed by atoms with van der Waals surface area (Å²) in [5, 5.41) is 0.229. The molecule has 3 aromatic carbocycles. The Morgan fingerprint density at radius 2 is 1.39 bits per heavy atom. The van der Waals surface area contributed by atoms with Gasteiger partial charge in [-0.05, 0) is 44.0 Å². The van der Waals surface area contributed by atoms with Gasteiger partial charge >= 0.3 is 12.3 Å². The van der Waals surface area contributed by atoms with Crippen molar-refractivity contribution in [1.29, 1.82) is 0 Å². The van der Waals surface area contributed by atoms with Gasteiger partial charge in [-0.15, -0.1) is 0 Å². The van der Waals surface area contributed by atoms with Crippen LogP contribution >= 0.6 is 11.8 Å². The van der Waals surface area contributed by atoms with E-state index in [9.17, 15) is 18.0 Å². The van der Waals surface area contributed by atoms with Crippen LogP contribution in [0.1, 0.15) is 31.9 Å². The van der Waals surface area contributed by atoms with Crippen LogP contribution in [-0.2, 0) is 32.2 Å². The lowest BCUT2D eigenvalue weighted by Gasteiger charge is -2.45. The summed E-state index contributed by atoms with van der Waals surface area (Å²) in [6.07, 6.45) is -11.8. The van der Waals surface area contributed by atoms with Gasteiger partial charge in [0.15, 0.2) is 5.17 Å². The smallest absolute Gasteiger partial charge is 0.428 e. The molecule has 8 nitrogen and oxygen atoms in total. The maximum Gasteiger partial charge on any atom is 0.428 e. The average Bonchev–Trinajstić information content (AvgIpc) is 3.45. The van der Waals surface area contributed by atoms with Crippen LogP contribution in [0.2, 0.25) is 0 Å². The molecule has 1 fully saturated rings. The van der Waals surface area contributed by atoms with Crippen molar-refractivity contribution < 1.29 is 41.7 Å². The maximum absolute atomic E-state index is 14.9. The fourth-order valence-electron chi connectivity index (χ4n) is 5.04. The molecule has 0 spiro atoms. The Hall–Kier alpha value is -3.58. The number of amidine groups is 1. The van der Waals surface area contributed by atoms with Gasteiger partial charge in [0.05, 0.1) is 13.2 Å². The molecular weight excluding hydrogens is 621 g/mol. The van der Waals surface area contributed by atoms with Crippen molar-refractivity contribution >= 4 is 23.0 Å². The van der Waals surface area contributed by atoms with Gasteiger partial charge in [0.1, 0.15) is 41.1 Å². The number of fused-ring (bicyclic) bond motifs is 1. The van der Waals surface area contributed by atoms with Crippen molar-refractivity contribution in [3.63, 3.8) is 0 Å². The minimum Gasteiger partial charge on any atom is -0.478 e. The summed E-state index contributed by atoms with van der Waals surface area (Å²) in [5.74, 6) is 0.0276. The van der Waals surface area contributed by atoms with E-state index in [1.54, 1.807) is 39.0 Å². The number of hydrogen-bond acceptors (Lipinski definition) is 8. The third kappa shape index (κ3) is 8.61. The molecule has 46 heavy (non-hydrogen) atoms. The second-order valence-electron chi connectivity index (χ2n) is 11.9. The molecule has 0 saturated carbocycles. The number of halogens is 3. The Bertz CT molecular complexity index is 1460. The van der Waals surface area contributed by atoms with Crippen LogP contribution in [0.25, 0.3) is 0 Å². The summed E-state index contributed by atoms with van der Waals surface area (Å²) < 4.78 is 74.8. The molecule has 3 aromatic rings. The van der Waals surface area contributed by atoms with Crippen LogP contribution in [0.15, 0.2) is 96.0 Å². The van der Waals surface area contributed by atoms with Gasteiger partial charge in [-0.3, -0.25) is 9.89 Å². The van der Waals surface area contributed by atoms with E-state index >= 15 is 0 Å².